The first-order chi connectivity index (χ1) is 10.2. The average Bonchev–Trinajstić information content (AvgIpc) is 3.32. The topological polar surface area (TPSA) is 21.3 Å². The van der Waals surface area contributed by atoms with E-state index in [0.717, 1.165) is 20.9 Å². The standard InChI is InChI=1S/C17H17BrClNO/c1-21-14-8-9-15(18)16(10-14)20-17(11-2-3-11)12-4-6-13(19)7-5-12/h4-11,17,20H,2-3H2,1H3. The summed E-state index contributed by atoms with van der Waals surface area (Å²) in [5, 5.41) is 4.42. The van der Waals surface area contributed by atoms with Gasteiger partial charge in [0, 0.05) is 15.6 Å². The van der Waals surface area contributed by atoms with Gasteiger partial charge in [0.2, 0.25) is 0 Å². The van der Waals surface area contributed by atoms with Crippen LogP contribution in [0.2, 0.25) is 5.02 Å². The Balaban J connectivity index is 1.87. The highest BCUT2D eigenvalue weighted by Crippen LogP contribution is 2.44. The van der Waals surface area contributed by atoms with Gasteiger partial charge in [0.1, 0.15) is 5.75 Å². The first-order valence-electron chi connectivity index (χ1n) is 7.03. The van der Waals surface area contributed by atoms with Gasteiger partial charge in [-0.1, -0.05) is 23.7 Å². The van der Waals surface area contributed by atoms with E-state index in [4.69, 9.17) is 16.3 Å². The molecule has 4 heteroatoms. The van der Waals surface area contributed by atoms with Gasteiger partial charge in [0.15, 0.2) is 0 Å². The third kappa shape index (κ3) is 3.53. The van der Waals surface area contributed by atoms with Gasteiger partial charge in [0.05, 0.1) is 18.8 Å². The van der Waals surface area contributed by atoms with Gasteiger partial charge in [-0.2, -0.15) is 0 Å². The molecule has 21 heavy (non-hydrogen) atoms. The molecular formula is C17H17BrClNO. The number of rotatable bonds is 5. The van der Waals surface area contributed by atoms with Crippen molar-refractivity contribution in [3.05, 3.63) is 57.5 Å². The Labute approximate surface area is 138 Å². The Morgan fingerprint density at radius 1 is 1.19 bits per heavy atom. The van der Waals surface area contributed by atoms with Crippen molar-refractivity contribution >= 4 is 33.2 Å². The van der Waals surface area contributed by atoms with Crippen LogP contribution in [0.4, 0.5) is 5.69 Å². The van der Waals surface area contributed by atoms with Gasteiger partial charge < -0.3 is 10.1 Å². The maximum Gasteiger partial charge on any atom is 0.121 e. The lowest BCUT2D eigenvalue weighted by atomic mass is 10.0. The molecule has 3 rings (SSSR count). The molecule has 0 bridgehead atoms. The number of methoxy groups -OCH3 is 1. The summed E-state index contributed by atoms with van der Waals surface area (Å²) in [6.45, 7) is 0. The Morgan fingerprint density at radius 2 is 1.90 bits per heavy atom. The van der Waals surface area contributed by atoms with Crippen molar-refractivity contribution in [2.45, 2.75) is 18.9 Å². The van der Waals surface area contributed by atoms with Crippen molar-refractivity contribution in [3.63, 3.8) is 0 Å². The summed E-state index contributed by atoms with van der Waals surface area (Å²) < 4.78 is 6.36. The van der Waals surface area contributed by atoms with Crippen LogP contribution in [0.15, 0.2) is 46.9 Å². The van der Waals surface area contributed by atoms with E-state index in [0.29, 0.717) is 12.0 Å². The van der Waals surface area contributed by atoms with Crippen LogP contribution in [0.25, 0.3) is 0 Å². The molecule has 0 aliphatic heterocycles. The summed E-state index contributed by atoms with van der Waals surface area (Å²) in [5.41, 5.74) is 2.33. The molecule has 2 aromatic rings. The van der Waals surface area contributed by atoms with E-state index in [2.05, 4.69) is 33.4 Å². The van der Waals surface area contributed by atoms with Gasteiger partial charge in [-0.05, 0) is 64.5 Å². The molecule has 1 fully saturated rings. The fourth-order valence-corrected chi connectivity index (χ4v) is 2.97. The molecule has 0 saturated heterocycles. The zero-order chi connectivity index (χ0) is 14.8. The average molecular weight is 367 g/mol. The molecule has 1 unspecified atom stereocenters. The van der Waals surface area contributed by atoms with Crippen molar-refractivity contribution in [1.29, 1.82) is 0 Å². The first kappa shape index (κ1) is 14.7. The van der Waals surface area contributed by atoms with E-state index in [1.54, 1.807) is 7.11 Å². The minimum absolute atomic E-state index is 0.311. The highest BCUT2D eigenvalue weighted by Gasteiger charge is 2.32. The van der Waals surface area contributed by atoms with E-state index < -0.39 is 0 Å². The van der Waals surface area contributed by atoms with Crippen molar-refractivity contribution in [1.82, 2.24) is 0 Å². The lowest BCUT2D eigenvalue weighted by Crippen LogP contribution is -2.13. The summed E-state index contributed by atoms with van der Waals surface area (Å²) >= 11 is 9.59. The third-order valence-corrected chi connectivity index (χ3v) is 4.75. The molecule has 110 valence electrons. The molecule has 1 saturated carbocycles. The van der Waals surface area contributed by atoms with Crippen molar-refractivity contribution in [2.75, 3.05) is 12.4 Å². The quantitative estimate of drug-likeness (QED) is 0.735. The Kier molecular flexibility index (Phi) is 4.41. The summed E-state index contributed by atoms with van der Waals surface area (Å²) in [5.74, 6) is 1.54. The molecule has 1 aliphatic rings. The fraction of sp³-hybridized carbons (Fsp3) is 0.294. The second-order valence-corrected chi connectivity index (χ2v) is 6.65. The number of halogens is 2. The SMILES string of the molecule is COc1ccc(Br)c(NC(c2ccc(Cl)cc2)C2CC2)c1. The third-order valence-electron chi connectivity index (χ3n) is 3.81. The van der Waals surface area contributed by atoms with Gasteiger partial charge in [0.25, 0.3) is 0 Å². The molecule has 0 spiro atoms. The number of nitrogens with one attached hydrogen (secondary N) is 1. The molecule has 1 aliphatic carbocycles. The van der Waals surface area contributed by atoms with Crippen molar-refractivity contribution < 1.29 is 4.74 Å². The molecule has 2 aromatic carbocycles. The summed E-state index contributed by atoms with van der Waals surface area (Å²) in [6.07, 6.45) is 2.53. The maximum atomic E-state index is 5.99. The largest absolute Gasteiger partial charge is 0.497 e. The van der Waals surface area contributed by atoms with Crippen LogP contribution in [0.5, 0.6) is 5.75 Å². The molecule has 0 radical (unpaired) electrons. The van der Waals surface area contributed by atoms with Crippen molar-refractivity contribution in [2.24, 2.45) is 5.92 Å². The zero-order valence-corrected chi connectivity index (χ0v) is 14.1. The molecule has 0 amide bonds. The van der Waals surface area contributed by atoms with E-state index >= 15 is 0 Å². The van der Waals surface area contributed by atoms with Gasteiger partial charge in [-0.15, -0.1) is 0 Å². The van der Waals surface area contributed by atoms with Gasteiger partial charge in [-0.3, -0.25) is 0 Å². The predicted molar refractivity (Wildman–Crippen MR) is 91.2 cm³/mol. The molecule has 1 N–H and O–H groups in total. The Bertz CT molecular complexity index is 625. The van der Waals surface area contributed by atoms with Crippen LogP contribution in [-0.2, 0) is 0 Å². The number of hydrogen-bond donors (Lipinski definition) is 1. The monoisotopic (exact) mass is 365 g/mol. The lowest BCUT2D eigenvalue weighted by molar-refractivity contribution is 0.415. The van der Waals surface area contributed by atoms with Crippen LogP contribution >= 0.6 is 27.5 Å². The summed E-state index contributed by atoms with van der Waals surface area (Å²) in [6, 6.07) is 14.4. The van der Waals surface area contributed by atoms with Gasteiger partial charge >= 0.3 is 0 Å². The van der Waals surface area contributed by atoms with Crippen LogP contribution in [0.1, 0.15) is 24.4 Å². The molecule has 1 atom stereocenters. The number of hydrogen-bond acceptors (Lipinski definition) is 2. The van der Waals surface area contributed by atoms with Crippen LogP contribution in [0.3, 0.4) is 0 Å². The smallest absolute Gasteiger partial charge is 0.121 e. The second kappa shape index (κ2) is 6.29. The summed E-state index contributed by atoms with van der Waals surface area (Å²) in [4.78, 5) is 0. The molecule has 0 heterocycles. The number of benzene rings is 2. The number of ether oxygens (including phenoxy) is 1. The lowest BCUT2D eigenvalue weighted by Gasteiger charge is -2.21. The molecule has 2 nitrogen and oxygen atoms in total. The zero-order valence-electron chi connectivity index (χ0n) is 11.8. The van der Waals surface area contributed by atoms with Crippen LogP contribution in [-0.4, -0.2) is 7.11 Å². The summed E-state index contributed by atoms with van der Waals surface area (Å²) in [7, 11) is 1.69. The minimum Gasteiger partial charge on any atom is -0.497 e. The normalized spacial score (nSPS) is 15.6. The molecule has 0 aromatic heterocycles. The highest BCUT2D eigenvalue weighted by atomic mass is 79.9. The van der Waals surface area contributed by atoms with E-state index in [9.17, 15) is 0 Å². The van der Waals surface area contributed by atoms with Crippen LogP contribution in [0, 0.1) is 5.92 Å². The second-order valence-electron chi connectivity index (χ2n) is 5.36. The Hall–Kier alpha value is -1.19. The first-order valence-corrected chi connectivity index (χ1v) is 8.20. The maximum absolute atomic E-state index is 5.99. The van der Waals surface area contributed by atoms with E-state index in [-0.39, 0.29) is 0 Å². The Morgan fingerprint density at radius 3 is 2.52 bits per heavy atom. The van der Waals surface area contributed by atoms with Gasteiger partial charge in [-0.25, -0.2) is 0 Å². The predicted octanol–water partition coefficient (Wildman–Crippen LogP) is 5.67. The van der Waals surface area contributed by atoms with E-state index in [1.165, 1.54) is 18.4 Å². The number of anilines is 1. The molecular weight excluding hydrogens is 350 g/mol. The minimum atomic E-state index is 0.311. The highest BCUT2D eigenvalue weighted by molar-refractivity contribution is 9.10. The van der Waals surface area contributed by atoms with Crippen LogP contribution < -0.4 is 10.1 Å². The fourth-order valence-electron chi connectivity index (χ4n) is 2.48. The van der Waals surface area contributed by atoms with Crippen molar-refractivity contribution in [3.8, 4) is 5.75 Å². The van der Waals surface area contributed by atoms with E-state index in [1.807, 2.05) is 30.3 Å².